The van der Waals surface area contributed by atoms with E-state index in [2.05, 4.69) is 19.9 Å². The van der Waals surface area contributed by atoms with Gasteiger partial charge in [0.1, 0.15) is 0 Å². The molecule has 0 saturated heterocycles. The van der Waals surface area contributed by atoms with Gasteiger partial charge in [0.25, 0.3) is 5.56 Å². The Balaban J connectivity index is 2.19. The quantitative estimate of drug-likeness (QED) is 0.613. The van der Waals surface area contributed by atoms with Gasteiger partial charge in [0, 0.05) is 6.04 Å². The predicted octanol–water partition coefficient (Wildman–Crippen LogP) is 4.40. The van der Waals surface area contributed by atoms with E-state index in [9.17, 15) is 10.1 Å². The number of para-hydroxylation sites is 1. The molecule has 0 bridgehead atoms. The predicted molar refractivity (Wildman–Crippen MR) is 98.2 cm³/mol. The normalized spacial score (nSPS) is 25.3. The van der Waals surface area contributed by atoms with E-state index in [1.165, 1.54) is 18.2 Å². The van der Waals surface area contributed by atoms with Crippen molar-refractivity contribution in [1.29, 1.82) is 5.26 Å². The summed E-state index contributed by atoms with van der Waals surface area (Å²) in [6.45, 7) is 6.35. The molecule has 0 radical (unpaired) electrons. The largest absolute Gasteiger partial charge is 0.284 e. The van der Waals surface area contributed by atoms with Gasteiger partial charge in [0.2, 0.25) is 0 Å². The molecule has 24 heavy (non-hydrogen) atoms. The van der Waals surface area contributed by atoms with Crippen LogP contribution in [0.15, 0.2) is 34.2 Å². The Labute approximate surface area is 146 Å². The minimum Gasteiger partial charge on any atom is -0.284 e. The Morgan fingerprint density at radius 1 is 1.33 bits per heavy atom. The van der Waals surface area contributed by atoms with Crippen molar-refractivity contribution in [3.63, 3.8) is 0 Å². The summed E-state index contributed by atoms with van der Waals surface area (Å²) in [5.74, 6) is 1.02. The molecule has 1 aromatic carbocycles. The van der Waals surface area contributed by atoms with Crippen molar-refractivity contribution in [2.45, 2.75) is 56.5 Å². The van der Waals surface area contributed by atoms with E-state index in [4.69, 9.17) is 4.98 Å². The molecular formula is C19H23N3OS. The lowest BCUT2D eigenvalue weighted by atomic mass is 9.78. The van der Waals surface area contributed by atoms with Crippen LogP contribution in [0.2, 0.25) is 0 Å². The standard InChI is InChI=1S/C19H23N3OS/c1-12-7-6-10-17(14(12)3)22-18(23)15-8-4-5-9-16(15)21-19(22)24-13(2)11-20/h4-5,8-9,12-14,17H,6-7,10H2,1-3H3/t12-,13+,14-,17-/m1/s1. The van der Waals surface area contributed by atoms with Crippen LogP contribution in [0, 0.1) is 23.2 Å². The highest BCUT2D eigenvalue weighted by molar-refractivity contribution is 8.00. The molecule has 0 amide bonds. The van der Waals surface area contributed by atoms with E-state index in [0.717, 1.165) is 12.8 Å². The number of thioether (sulfide) groups is 1. The number of hydrogen-bond acceptors (Lipinski definition) is 4. The molecule has 1 aliphatic rings. The summed E-state index contributed by atoms with van der Waals surface area (Å²) in [6, 6.07) is 9.89. The van der Waals surface area contributed by atoms with Gasteiger partial charge in [-0.05, 0) is 37.3 Å². The molecule has 5 heteroatoms. The van der Waals surface area contributed by atoms with Gasteiger partial charge in [-0.3, -0.25) is 9.36 Å². The van der Waals surface area contributed by atoms with Crippen LogP contribution in [-0.2, 0) is 0 Å². The third-order valence-electron chi connectivity index (χ3n) is 5.23. The number of rotatable bonds is 3. The van der Waals surface area contributed by atoms with Gasteiger partial charge in [-0.15, -0.1) is 0 Å². The zero-order valence-electron chi connectivity index (χ0n) is 14.4. The van der Waals surface area contributed by atoms with E-state index >= 15 is 0 Å². The van der Waals surface area contributed by atoms with E-state index in [1.807, 2.05) is 35.8 Å². The monoisotopic (exact) mass is 341 g/mol. The molecule has 0 N–H and O–H groups in total. The van der Waals surface area contributed by atoms with Crippen molar-refractivity contribution >= 4 is 22.7 Å². The molecule has 2 aromatic rings. The number of hydrogen-bond donors (Lipinski definition) is 0. The Morgan fingerprint density at radius 3 is 2.83 bits per heavy atom. The van der Waals surface area contributed by atoms with Crippen LogP contribution in [0.5, 0.6) is 0 Å². The van der Waals surface area contributed by atoms with E-state index in [1.54, 1.807) is 0 Å². The van der Waals surface area contributed by atoms with Gasteiger partial charge in [0.15, 0.2) is 5.16 Å². The van der Waals surface area contributed by atoms with E-state index in [0.29, 0.717) is 27.9 Å². The highest BCUT2D eigenvalue weighted by atomic mass is 32.2. The zero-order chi connectivity index (χ0) is 17.3. The lowest BCUT2D eigenvalue weighted by Crippen LogP contribution is -2.35. The summed E-state index contributed by atoms with van der Waals surface area (Å²) in [5.41, 5.74) is 0.738. The molecule has 1 heterocycles. The number of aromatic nitrogens is 2. The Kier molecular flexibility index (Phi) is 4.96. The second-order valence-corrected chi connectivity index (χ2v) is 8.12. The maximum Gasteiger partial charge on any atom is 0.262 e. The zero-order valence-corrected chi connectivity index (χ0v) is 15.2. The van der Waals surface area contributed by atoms with Crippen molar-refractivity contribution in [2.24, 2.45) is 11.8 Å². The summed E-state index contributed by atoms with van der Waals surface area (Å²) in [4.78, 5) is 17.9. The third kappa shape index (κ3) is 3.08. The highest BCUT2D eigenvalue weighted by Crippen LogP contribution is 2.39. The van der Waals surface area contributed by atoms with Crippen LogP contribution in [0.25, 0.3) is 10.9 Å². The summed E-state index contributed by atoms with van der Waals surface area (Å²) in [6.07, 6.45) is 3.35. The highest BCUT2D eigenvalue weighted by Gasteiger charge is 2.31. The summed E-state index contributed by atoms with van der Waals surface area (Å²) >= 11 is 1.39. The minimum atomic E-state index is -0.236. The van der Waals surface area contributed by atoms with Gasteiger partial charge in [-0.2, -0.15) is 5.26 Å². The van der Waals surface area contributed by atoms with Gasteiger partial charge in [-0.25, -0.2) is 4.98 Å². The first-order chi connectivity index (χ1) is 11.5. The maximum absolute atomic E-state index is 13.2. The van der Waals surface area contributed by atoms with Crippen LogP contribution < -0.4 is 5.56 Å². The van der Waals surface area contributed by atoms with Crippen LogP contribution in [0.1, 0.15) is 46.1 Å². The fraction of sp³-hybridized carbons (Fsp3) is 0.526. The number of nitrogens with zero attached hydrogens (tertiary/aromatic N) is 3. The molecule has 1 aliphatic carbocycles. The third-order valence-corrected chi connectivity index (χ3v) is 6.19. The molecule has 1 saturated carbocycles. The average Bonchev–Trinajstić information content (AvgIpc) is 2.58. The SMILES string of the molecule is C[C@@H]1[C@H](C)CCC[C@H]1n1c(S[C@@H](C)C#N)nc2ccccc2c1=O. The molecule has 1 fully saturated rings. The van der Waals surface area contributed by atoms with Crippen LogP contribution in [0.4, 0.5) is 0 Å². The first kappa shape index (κ1) is 17.0. The Morgan fingerprint density at radius 2 is 2.08 bits per heavy atom. The van der Waals surface area contributed by atoms with Gasteiger partial charge < -0.3 is 0 Å². The topological polar surface area (TPSA) is 58.7 Å². The second kappa shape index (κ2) is 6.98. The first-order valence-corrected chi connectivity index (χ1v) is 9.48. The lowest BCUT2D eigenvalue weighted by molar-refractivity contribution is 0.173. The number of nitriles is 1. The fourth-order valence-corrected chi connectivity index (χ4v) is 4.46. The second-order valence-electron chi connectivity index (χ2n) is 6.81. The first-order valence-electron chi connectivity index (χ1n) is 8.60. The van der Waals surface area contributed by atoms with Gasteiger partial charge in [0.05, 0.1) is 22.2 Å². The Bertz CT molecular complexity index is 839. The molecule has 4 atom stereocenters. The van der Waals surface area contributed by atoms with Crippen molar-refractivity contribution in [1.82, 2.24) is 9.55 Å². The molecule has 0 aliphatic heterocycles. The van der Waals surface area contributed by atoms with Gasteiger partial charge in [-0.1, -0.05) is 50.6 Å². The van der Waals surface area contributed by atoms with Crippen molar-refractivity contribution in [2.75, 3.05) is 0 Å². The van der Waals surface area contributed by atoms with Crippen molar-refractivity contribution in [3.05, 3.63) is 34.6 Å². The maximum atomic E-state index is 13.2. The summed E-state index contributed by atoms with van der Waals surface area (Å²) < 4.78 is 1.88. The van der Waals surface area contributed by atoms with Crippen LogP contribution in [-0.4, -0.2) is 14.8 Å². The smallest absolute Gasteiger partial charge is 0.262 e. The fourth-order valence-electron chi connectivity index (χ4n) is 3.60. The van der Waals surface area contributed by atoms with E-state index < -0.39 is 0 Å². The number of benzene rings is 1. The molecule has 1 aromatic heterocycles. The lowest BCUT2D eigenvalue weighted by Gasteiger charge is -2.36. The van der Waals surface area contributed by atoms with Crippen LogP contribution >= 0.6 is 11.8 Å². The Hall–Kier alpha value is -1.80. The molecule has 126 valence electrons. The molecular weight excluding hydrogens is 318 g/mol. The molecule has 0 spiro atoms. The van der Waals surface area contributed by atoms with E-state index in [-0.39, 0.29) is 16.9 Å². The number of fused-ring (bicyclic) bond motifs is 1. The summed E-state index contributed by atoms with van der Waals surface area (Å²) in [7, 11) is 0. The minimum absolute atomic E-state index is 0.0270. The summed E-state index contributed by atoms with van der Waals surface area (Å²) in [5, 5.41) is 10.3. The van der Waals surface area contributed by atoms with Crippen LogP contribution in [0.3, 0.4) is 0 Å². The molecule has 3 rings (SSSR count). The molecule has 4 nitrogen and oxygen atoms in total. The molecule has 0 unspecified atom stereocenters. The van der Waals surface area contributed by atoms with Crippen molar-refractivity contribution < 1.29 is 0 Å². The van der Waals surface area contributed by atoms with Crippen molar-refractivity contribution in [3.8, 4) is 6.07 Å². The van der Waals surface area contributed by atoms with Gasteiger partial charge >= 0.3 is 0 Å². The average molecular weight is 341 g/mol.